The van der Waals surface area contributed by atoms with E-state index in [0.717, 1.165) is 0 Å². The minimum Gasteiger partial charge on any atom is -0.448 e. The second-order valence-corrected chi connectivity index (χ2v) is 2.60. The first kappa shape index (κ1) is 6.93. The number of rotatable bonds is 2. The van der Waals surface area contributed by atoms with E-state index < -0.39 is 18.9 Å². The van der Waals surface area contributed by atoms with Gasteiger partial charge in [-0.05, 0) is 5.31 Å². The van der Waals surface area contributed by atoms with Crippen molar-refractivity contribution < 1.29 is 18.1 Å². The second-order valence-electron chi connectivity index (χ2n) is 2.60. The summed E-state index contributed by atoms with van der Waals surface area (Å²) in [5.74, 6) is 0. The highest BCUT2D eigenvalue weighted by atomic mass is 19.4. The Morgan fingerprint density at radius 1 is 1.33 bits per heavy atom. The SMILES string of the molecule is OCC1([B-](F)(F)F)CC1. The van der Waals surface area contributed by atoms with Gasteiger partial charge in [-0.25, -0.2) is 0 Å². The molecule has 0 amide bonds. The van der Waals surface area contributed by atoms with E-state index >= 15 is 0 Å². The van der Waals surface area contributed by atoms with Crippen molar-refractivity contribution in [1.82, 2.24) is 0 Å². The highest BCUT2D eigenvalue weighted by Crippen LogP contribution is 2.61. The monoisotopic (exact) mass is 139 g/mol. The molecule has 54 valence electrons. The van der Waals surface area contributed by atoms with Crippen molar-refractivity contribution in [2.24, 2.45) is 0 Å². The van der Waals surface area contributed by atoms with Gasteiger partial charge >= 0.3 is 6.98 Å². The van der Waals surface area contributed by atoms with Gasteiger partial charge in [0.15, 0.2) is 0 Å². The van der Waals surface area contributed by atoms with E-state index in [-0.39, 0.29) is 12.8 Å². The molecular formula is C4H7BF3O-. The Hall–Kier alpha value is -0.185. The van der Waals surface area contributed by atoms with Gasteiger partial charge in [0, 0.05) is 6.61 Å². The van der Waals surface area contributed by atoms with Crippen LogP contribution in [-0.4, -0.2) is 18.7 Å². The standard InChI is InChI=1S/C4H7BF3O/c6-5(7,8)4(3-9)1-2-4/h9H,1-3H2/q-1. The molecule has 0 aromatic rings. The zero-order chi connectivity index (χ0) is 7.12. The molecule has 1 nitrogen and oxygen atoms in total. The zero-order valence-corrected chi connectivity index (χ0v) is 4.78. The fourth-order valence-electron chi connectivity index (χ4n) is 0.750. The lowest BCUT2D eigenvalue weighted by Crippen LogP contribution is -2.28. The van der Waals surface area contributed by atoms with Gasteiger partial charge in [-0.3, -0.25) is 0 Å². The molecule has 0 aliphatic heterocycles. The molecule has 0 radical (unpaired) electrons. The summed E-state index contributed by atoms with van der Waals surface area (Å²) in [6.07, 6.45) is 0.236. The number of aliphatic hydroxyl groups is 1. The third kappa shape index (κ3) is 0.935. The van der Waals surface area contributed by atoms with Crippen molar-refractivity contribution in [1.29, 1.82) is 0 Å². The van der Waals surface area contributed by atoms with Crippen molar-refractivity contribution in [3.63, 3.8) is 0 Å². The van der Waals surface area contributed by atoms with Crippen LogP contribution >= 0.6 is 0 Å². The summed E-state index contributed by atoms with van der Waals surface area (Å²) in [4.78, 5) is 0. The highest BCUT2D eigenvalue weighted by Gasteiger charge is 2.57. The van der Waals surface area contributed by atoms with Gasteiger partial charge in [-0.2, -0.15) is 0 Å². The van der Waals surface area contributed by atoms with Crippen LogP contribution in [0.4, 0.5) is 12.9 Å². The molecule has 1 aliphatic rings. The van der Waals surface area contributed by atoms with Crippen LogP contribution in [0, 0.1) is 0 Å². The van der Waals surface area contributed by atoms with Crippen molar-refractivity contribution in [2.45, 2.75) is 18.2 Å². The predicted molar refractivity (Wildman–Crippen MR) is 28.1 cm³/mol. The van der Waals surface area contributed by atoms with Crippen LogP contribution in [0.15, 0.2) is 0 Å². The fraction of sp³-hybridized carbons (Fsp3) is 1.00. The maximum atomic E-state index is 11.8. The van der Waals surface area contributed by atoms with Crippen LogP contribution in [0.2, 0.25) is 5.31 Å². The maximum Gasteiger partial charge on any atom is 0.486 e. The number of hydrogen-bond acceptors (Lipinski definition) is 1. The topological polar surface area (TPSA) is 20.2 Å². The summed E-state index contributed by atoms with van der Waals surface area (Å²) >= 11 is 0. The third-order valence-corrected chi connectivity index (χ3v) is 1.90. The highest BCUT2D eigenvalue weighted by molar-refractivity contribution is 6.63. The van der Waals surface area contributed by atoms with Gasteiger partial charge in [0.25, 0.3) is 0 Å². The summed E-state index contributed by atoms with van der Waals surface area (Å²) in [7, 11) is 0. The molecule has 0 aromatic heterocycles. The summed E-state index contributed by atoms with van der Waals surface area (Å²) < 4.78 is 35.4. The summed E-state index contributed by atoms with van der Waals surface area (Å²) in [5.41, 5.74) is 0. The molecule has 9 heavy (non-hydrogen) atoms. The Morgan fingerprint density at radius 3 is 1.78 bits per heavy atom. The van der Waals surface area contributed by atoms with Gasteiger partial charge in [0.1, 0.15) is 0 Å². The minimum absolute atomic E-state index is 0.118. The van der Waals surface area contributed by atoms with E-state index in [1.165, 1.54) is 0 Å². The van der Waals surface area contributed by atoms with E-state index in [0.29, 0.717) is 0 Å². The first-order valence-corrected chi connectivity index (χ1v) is 2.82. The number of hydrogen-bond donors (Lipinski definition) is 1. The smallest absolute Gasteiger partial charge is 0.448 e. The molecule has 0 spiro atoms. The van der Waals surface area contributed by atoms with Crippen molar-refractivity contribution in [2.75, 3.05) is 6.61 Å². The van der Waals surface area contributed by atoms with Gasteiger partial charge in [-0.15, -0.1) is 0 Å². The Labute approximate surface area is 50.9 Å². The second kappa shape index (κ2) is 1.65. The lowest BCUT2D eigenvalue weighted by Gasteiger charge is -2.23. The number of halogens is 3. The largest absolute Gasteiger partial charge is 0.486 e. The van der Waals surface area contributed by atoms with Gasteiger partial charge < -0.3 is 18.1 Å². The van der Waals surface area contributed by atoms with Crippen LogP contribution in [0.1, 0.15) is 12.8 Å². The number of aliphatic hydroxyl groups excluding tert-OH is 1. The normalized spacial score (nSPS) is 24.0. The minimum atomic E-state index is -4.79. The Kier molecular flexibility index (Phi) is 1.27. The zero-order valence-electron chi connectivity index (χ0n) is 4.78. The van der Waals surface area contributed by atoms with Gasteiger partial charge in [-0.1, -0.05) is 12.8 Å². The molecule has 5 heteroatoms. The molecule has 0 atom stereocenters. The molecule has 1 fully saturated rings. The molecule has 1 rings (SSSR count). The Balaban J connectivity index is 2.60. The fourth-order valence-corrected chi connectivity index (χ4v) is 0.750. The van der Waals surface area contributed by atoms with E-state index in [4.69, 9.17) is 5.11 Å². The van der Waals surface area contributed by atoms with Crippen molar-refractivity contribution >= 4 is 6.98 Å². The summed E-state index contributed by atoms with van der Waals surface area (Å²) in [6, 6.07) is 0. The van der Waals surface area contributed by atoms with E-state index in [9.17, 15) is 12.9 Å². The van der Waals surface area contributed by atoms with Crippen LogP contribution in [-0.2, 0) is 0 Å². The molecular weight excluding hydrogens is 132 g/mol. The molecule has 1 saturated carbocycles. The Bertz CT molecular complexity index is 117. The predicted octanol–water partition coefficient (Wildman–Crippen LogP) is 1.36. The molecule has 0 heterocycles. The van der Waals surface area contributed by atoms with Crippen LogP contribution in [0.25, 0.3) is 0 Å². The van der Waals surface area contributed by atoms with E-state index in [1.54, 1.807) is 0 Å². The molecule has 1 aliphatic carbocycles. The average Bonchev–Trinajstić information content (AvgIpc) is 2.40. The van der Waals surface area contributed by atoms with E-state index in [1.807, 2.05) is 0 Å². The first-order chi connectivity index (χ1) is 4.02. The third-order valence-electron chi connectivity index (χ3n) is 1.90. The maximum absolute atomic E-state index is 11.8. The van der Waals surface area contributed by atoms with Crippen molar-refractivity contribution in [3.05, 3.63) is 0 Å². The Morgan fingerprint density at radius 2 is 1.78 bits per heavy atom. The molecule has 0 aromatic carbocycles. The lowest BCUT2D eigenvalue weighted by molar-refractivity contribution is 0.253. The summed E-state index contributed by atoms with van der Waals surface area (Å²) in [5, 5.41) is 6.63. The lowest BCUT2D eigenvalue weighted by atomic mass is 9.69. The molecule has 0 bridgehead atoms. The molecule has 1 N–H and O–H groups in total. The van der Waals surface area contributed by atoms with Crippen LogP contribution in [0.3, 0.4) is 0 Å². The van der Waals surface area contributed by atoms with Crippen LogP contribution in [0.5, 0.6) is 0 Å². The molecule has 0 unspecified atom stereocenters. The van der Waals surface area contributed by atoms with Crippen molar-refractivity contribution in [3.8, 4) is 0 Å². The van der Waals surface area contributed by atoms with Gasteiger partial charge in [0.2, 0.25) is 0 Å². The average molecular weight is 139 g/mol. The van der Waals surface area contributed by atoms with Crippen LogP contribution < -0.4 is 0 Å². The first-order valence-electron chi connectivity index (χ1n) is 2.82. The van der Waals surface area contributed by atoms with Gasteiger partial charge in [0.05, 0.1) is 0 Å². The molecule has 0 saturated heterocycles. The summed E-state index contributed by atoms with van der Waals surface area (Å²) in [6.45, 7) is -5.52. The quantitative estimate of drug-likeness (QED) is 0.572. The van der Waals surface area contributed by atoms with E-state index in [2.05, 4.69) is 0 Å².